The number of carbonyl (C=O) groups excluding carboxylic acids is 1. The zero-order valence-electron chi connectivity index (χ0n) is 13.8. The summed E-state index contributed by atoms with van der Waals surface area (Å²) in [6, 6.07) is 3.28. The van der Waals surface area contributed by atoms with Crippen molar-refractivity contribution >= 4 is 5.91 Å². The summed E-state index contributed by atoms with van der Waals surface area (Å²) in [6.45, 7) is 6.84. The van der Waals surface area contributed by atoms with E-state index in [1.54, 1.807) is 18.7 Å². The van der Waals surface area contributed by atoms with Gasteiger partial charge in [-0.05, 0) is 32.9 Å². The second-order valence-electron chi connectivity index (χ2n) is 5.99. The highest BCUT2D eigenvalue weighted by Crippen LogP contribution is 2.22. The Kier molecular flexibility index (Phi) is 4.36. The Morgan fingerprint density at radius 3 is 2.75 bits per heavy atom. The monoisotopic (exact) mass is 335 g/mol. The van der Waals surface area contributed by atoms with E-state index in [1.807, 2.05) is 6.92 Å². The lowest BCUT2D eigenvalue weighted by Gasteiger charge is -2.31. The standard InChI is InChI=1S/C17H19F2N3O2/c1-10-9-21(6-7-24-10)17(23)16-11(2)20-22(12(16)3)15-5-4-13(18)8-14(15)19/h4-5,8,10H,6-7,9H2,1-3H3/t10-/m0/s1. The summed E-state index contributed by atoms with van der Waals surface area (Å²) >= 11 is 0. The molecule has 128 valence electrons. The summed E-state index contributed by atoms with van der Waals surface area (Å²) in [6.07, 6.45) is -0.0205. The number of nitrogens with zero attached hydrogens (tertiary/aromatic N) is 3. The smallest absolute Gasteiger partial charge is 0.257 e. The van der Waals surface area contributed by atoms with Crippen molar-refractivity contribution in [2.75, 3.05) is 19.7 Å². The van der Waals surface area contributed by atoms with Crippen LogP contribution in [0, 0.1) is 25.5 Å². The Balaban J connectivity index is 1.99. The van der Waals surface area contributed by atoms with E-state index >= 15 is 0 Å². The van der Waals surface area contributed by atoms with Crippen LogP contribution in [0.5, 0.6) is 0 Å². The first-order chi connectivity index (χ1) is 11.4. The molecule has 2 aromatic rings. The zero-order valence-corrected chi connectivity index (χ0v) is 13.8. The molecule has 7 heteroatoms. The van der Waals surface area contributed by atoms with Gasteiger partial charge < -0.3 is 9.64 Å². The molecule has 24 heavy (non-hydrogen) atoms. The lowest BCUT2D eigenvalue weighted by molar-refractivity contribution is -0.0124. The van der Waals surface area contributed by atoms with Crippen molar-refractivity contribution in [1.29, 1.82) is 0 Å². The van der Waals surface area contributed by atoms with E-state index in [9.17, 15) is 13.6 Å². The average molecular weight is 335 g/mol. The minimum absolute atomic E-state index is 0.0205. The number of hydrogen-bond donors (Lipinski definition) is 0. The van der Waals surface area contributed by atoms with E-state index in [0.29, 0.717) is 36.6 Å². The van der Waals surface area contributed by atoms with Crippen LogP contribution in [0.1, 0.15) is 28.7 Å². The third-order valence-corrected chi connectivity index (χ3v) is 4.17. The molecule has 0 aliphatic carbocycles. The number of aryl methyl sites for hydroxylation is 1. The maximum atomic E-state index is 14.1. The molecule has 3 rings (SSSR count). The second kappa shape index (κ2) is 6.32. The van der Waals surface area contributed by atoms with Crippen LogP contribution in [-0.2, 0) is 4.74 Å². The van der Waals surface area contributed by atoms with Crippen LogP contribution >= 0.6 is 0 Å². The molecule has 0 radical (unpaired) electrons. The number of amides is 1. The molecule has 0 unspecified atom stereocenters. The van der Waals surface area contributed by atoms with Gasteiger partial charge in [0.2, 0.25) is 0 Å². The number of aromatic nitrogens is 2. The maximum absolute atomic E-state index is 14.1. The number of benzene rings is 1. The van der Waals surface area contributed by atoms with Crippen LogP contribution in [0.4, 0.5) is 8.78 Å². The predicted octanol–water partition coefficient (Wildman–Crippen LogP) is 2.63. The van der Waals surface area contributed by atoms with Crippen LogP contribution in [-0.4, -0.2) is 46.4 Å². The Labute approximate surface area is 138 Å². The van der Waals surface area contributed by atoms with Crippen molar-refractivity contribution in [2.45, 2.75) is 26.9 Å². The summed E-state index contributed by atoms with van der Waals surface area (Å²) in [5.74, 6) is -1.52. The molecule has 1 aliphatic heterocycles. The fraction of sp³-hybridized carbons (Fsp3) is 0.412. The van der Waals surface area contributed by atoms with Crippen LogP contribution in [0.2, 0.25) is 0 Å². The van der Waals surface area contributed by atoms with Gasteiger partial charge in [0.1, 0.15) is 11.5 Å². The molecule has 2 heterocycles. The summed E-state index contributed by atoms with van der Waals surface area (Å²) < 4.78 is 34.0. The van der Waals surface area contributed by atoms with Crippen LogP contribution in [0.25, 0.3) is 5.69 Å². The van der Waals surface area contributed by atoms with E-state index in [1.165, 1.54) is 16.8 Å². The Morgan fingerprint density at radius 1 is 1.33 bits per heavy atom. The fourth-order valence-corrected chi connectivity index (χ4v) is 3.00. The van der Waals surface area contributed by atoms with Gasteiger partial charge in [-0.15, -0.1) is 0 Å². The molecule has 0 N–H and O–H groups in total. The Hall–Kier alpha value is -2.28. The minimum Gasteiger partial charge on any atom is -0.375 e. The van der Waals surface area contributed by atoms with E-state index in [2.05, 4.69) is 5.10 Å². The van der Waals surface area contributed by atoms with Gasteiger partial charge in [-0.25, -0.2) is 13.5 Å². The van der Waals surface area contributed by atoms with Crippen molar-refractivity contribution in [2.24, 2.45) is 0 Å². The summed E-state index contributed by atoms with van der Waals surface area (Å²) in [5, 5.41) is 4.28. The lowest BCUT2D eigenvalue weighted by Crippen LogP contribution is -2.44. The predicted molar refractivity (Wildman–Crippen MR) is 84.3 cm³/mol. The van der Waals surface area contributed by atoms with Gasteiger partial charge in [0, 0.05) is 19.2 Å². The van der Waals surface area contributed by atoms with Gasteiger partial charge in [0.15, 0.2) is 5.82 Å². The molecule has 1 aromatic heterocycles. The van der Waals surface area contributed by atoms with E-state index < -0.39 is 11.6 Å². The normalized spacial score (nSPS) is 18.0. The van der Waals surface area contributed by atoms with Gasteiger partial charge in [-0.1, -0.05) is 0 Å². The Morgan fingerprint density at radius 2 is 2.08 bits per heavy atom. The van der Waals surface area contributed by atoms with Crippen molar-refractivity contribution < 1.29 is 18.3 Å². The highest BCUT2D eigenvalue weighted by molar-refractivity contribution is 5.96. The summed E-state index contributed by atoms with van der Waals surface area (Å²) in [4.78, 5) is 14.6. The number of halogens is 2. The molecule has 5 nitrogen and oxygen atoms in total. The summed E-state index contributed by atoms with van der Waals surface area (Å²) in [7, 11) is 0. The first-order valence-electron chi connectivity index (χ1n) is 7.81. The van der Waals surface area contributed by atoms with Crippen molar-refractivity contribution in [3.63, 3.8) is 0 Å². The summed E-state index contributed by atoms with van der Waals surface area (Å²) in [5.41, 5.74) is 1.61. The molecule has 0 spiro atoms. The molecule has 0 bridgehead atoms. The highest BCUT2D eigenvalue weighted by Gasteiger charge is 2.28. The molecule has 1 atom stereocenters. The van der Waals surface area contributed by atoms with E-state index in [-0.39, 0.29) is 17.7 Å². The molecule has 1 aliphatic rings. The number of carbonyl (C=O) groups is 1. The topological polar surface area (TPSA) is 47.4 Å². The zero-order chi connectivity index (χ0) is 17.4. The molecule has 1 amide bonds. The van der Waals surface area contributed by atoms with Gasteiger partial charge >= 0.3 is 0 Å². The SMILES string of the molecule is Cc1nn(-c2ccc(F)cc2F)c(C)c1C(=O)N1CCO[C@@H](C)C1. The van der Waals surface area contributed by atoms with Crippen molar-refractivity contribution in [3.8, 4) is 5.69 Å². The van der Waals surface area contributed by atoms with Crippen molar-refractivity contribution in [1.82, 2.24) is 14.7 Å². The Bertz CT molecular complexity index is 788. The maximum Gasteiger partial charge on any atom is 0.257 e. The molecular formula is C17H19F2N3O2. The van der Waals surface area contributed by atoms with Gasteiger partial charge in [0.25, 0.3) is 5.91 Å². The van der Waals surface area contributed by atoms with Gasteiger partial charge in [-0.2, -0.15) is 5.10 Å². The molecule has 1 fully saturated rings. The number of morpholine rings is 1. The quantitative estimate of drug-likeness (QED) is 0.848. The largest absolute Gasteiger partial charge is 0.375 e. The third-order valence-electron chi connectivity index (χ3n) is 4.17. The van der Waals surface area contributed by atoms with Crippen molar-refractivity contribution in [3.05, 3.63) is 46.8 Å². The van der Waals surface area contributed by atoms with Crippen LogP contribution in [0.15, 0.2) is 18.2 Å². The van der Waals surface area contributed by atoms with Gasteiger partial charge in [-0.3, -0.25) is 4.79 Å². The third kappa shape index (κ3) is 2.91. The van der Waals surface area contributed by atoms with E-state index in [0.717, 1.165) is 6.07 Å². The highest BCUT2D eigenvalue weighted by atomic mass is 19.1. The minimum atomic E-state index is -0.723. The molecule has 1 aromatic carbocycles. The molecule has 1 saturated heterocycles. The molecular weight excluding hydrogens is 316 g/mol. The van der Waals surface area contributed by atoms with Crippen LogP contribution < -0.4 is 0 Å². The first kappa shape index (κ1) is 16.6. The lowest BCUT2D eigenvalue weighted by atomic mass is 10.1. The molecule has 0 saturated carbocycles. The number of hydrogen-bond acceptors (Lipinski definition) is 3. The first-order valence-corrected chi connectivity index (χ1v) is 7.81. The number of ether oxygens (including phenoxy) is 1. The second-order valence-corrected chi connectivity index (χ2v) is 5.99. The van der Waals surface area contributed by atoms with Crippen LogP contribution in [0.3, 0.4) is 0 Å². The van der Waals surface area contributed by atoms with Gasteiger partial charge in [0.05, 0.1) is 29.7 Å². The van der Waals surface area contributed by atoms with E-state index in [4.69, 9.17) is 4.74 Å². The number of rotatable bonds is 2. The fourth-order valence-electron chi connectivity index (χ4n) is 3.00. The average Bonchev–Trinajstić information content (AvgIpc) is 2.81.